The molecule has 0 heterocycles. The zero-order chi connectivity index (χ0) is 11.3. The molecule has 0 saturated carbocycles. The van der Waals surface area contributed by atoms with Gasteiger partial charge in [-0.05, 0) is 12.0 Å². The van der Waals surface area contributed by atoms with Crippen LogP contribution in [0.4, 0.5) is 0 Å². The fraction of sp³-hybridized carbons (Fsp3) is 0.400. The van der Waals surface area contributed by atoms with Crippen molar-refractivity contribution in [3.8, 4) is 0 Å². The normalized spacial score (nSPS) is 13.7. The summed E-state index contributed by atoms with van der Waals surface area (Å²) in [5.74, 6) is 0. The molecule has 0 amide bonds. The molecule has 1 unspecified atom stereocenters. The number of hydrogen-bond donors (Lipinski definition) is 0. The minimum atomic E-state index is -3.36. The van der Waals surface area contributed by atoms with Crippen molar-refractivity contribution in [1.82, 2.24) is 0 Å². The van der Waals surface area contributed by atoms with Gasteiger partial charge >= 0.3 is 0 Å². The van der Waals surface area contributed by atoms with Gasteiger partial charge in [0.15, 0.2) is 0 Å². The highest BCUT2D eigenvalue weighted by Crippen LogP contribution is 2.23. The predicted octanol–water partition coefficient (Wildman–Crippen LogP) is 2.33. The topological polar surface area (TPSA) is 43.4 Å². The van der Waals surface area contributed by atoms with Gasteiger partial charge in [0.2, 0.25) is 0 Å². The summed E-state index contributed by atoms with van der Waals surface area (Å²) >= 11 is 6.06. The molecule has 5 heteroatoms. The third-order valence-corrected chi connectivity index (χ3v) is 2.89. The van der Waals surface area contributed by atoms with E-state index in [4.69, 9.17) is 11.6 Å². The van der Waals surface area contributed by atoms with E-state index >= 15 is 0 Å². The quantitative estimate of drug-likeness (QED) is 0.593. The Labute approximate surface area is 95.1 Å². The molecule has 0 fully saturated rings. The molecule has 0 aliphatic rings. The Morgan fingerprint density at radius 1 is 1.33 bits per heavy atom. The van der Waals surface area contributed by atoms with E-state index in [2.05, 4.69) is 4.18 Å². The molecule has 0 saturated heterocycles. The van der Waals surface area contributed by atoms with Crippen molar-refractivity contribution in [3.63, 3.8) is 0 Å². The summed E-state index contributed by atoms with van der Waals surface area (Å²) in [6, 6.07) is 9.49. The molecule has 84 valence electrons. The maximum atomic E-state index is 10.7. The van der Waals surface area contributed by atoms with E-state index in [0.29, 0.717) is 6.42 Å². The van der Waals surface area contributed by atoms with Gasteiger partial charge in [-0.25, -0.2) is 0 Å². The molecule has 1 atom stereocenters. The van der Waals surface area contributed by atoms with E-state index in [1.54, 1.807) is 0 Å². The van der Waals surface area contributed by atoms with Crippen LogP contribution in [0.5, 0.6) is 0 Å². The molecule has 0 N–H and O–H groups in total. The zero-order valence-electron chi connectivity index (χ0n) is 8.39. The molecule has 0 aromatic heterocycles. The average molecular weight is 249 g/mol. The standard InChI is InChI=1S/C10H13ClO3S/c1-15(12,13)14-8-7-10(11)9-5-3-2-4-6-9/h2-6,10H,7-8H2,1H3. The van der Waals surface area contributed by atoms with Crippen molar-refractivity contribution in [1.29, 1.82) is 0 Å². The van der Waals surface area contributed by atoms with Crippen LogP contribution in [-0.4, -0.2) is 21.3 Å². The van der Waals surface area contributed by atoms with Gasteiger partial charge in [0.25, 0.3) is 10.1 Å². The second kappa shape index (κ2) is 5.49. The molecule has 0 bridgehead atoms. The van der Waals surface area contributed by atoms with Crippen LogP contribution in [-0.2, 0) is 14.3 Å². The molecular weight excluding hydrogens is 236 g/mol. The zero-order valence-corrected chi connectivity index (χ0v) is 9.96. The minimum Gasteiger partial charge on any atom is -0.270 e. The number of hydrogen-bond acceptors (Lipinski definition) is 3. The van der Waals surface area contributed by atoms with Gasteiger partial charge in [-0.3, -0.25) is 4.18 Å². The van der Waals surface area contributed by atoms with E-state index in [9.17, 15) is 8.42 Å². The van der Waals surface area contributed by atoms with Crippen LogP contribution in [0.15, 0.2) is 30.3 Å². The van der Waals surface area contributed by atoms with Crippen molar-refractivity contribution in [2.75, 3.05) is 12.9 Å². The van der Waals surface area contributed by atoms with Gasteiger partial charge in [0.1, 0.15) is 0 Å². The summed E-state index contributed by atoms with van der Waals surface area (Å²) < 4.78 is 26.0. The molecule has 0 aliphatic carbocycles. The van der Waals surface area contributed by atoms with Crippen molar-refractivity contribution in [3.05, 3.63) is 35.9 Å². The smallest absolute Gasteiger partial charge is 0.264 e. The number of alkyl halides is 1. The van der Waals surface area contributed by atoms with Gasteiger partial charge < -0.3 is 0 Å². The van der Waals surface area contributed by atoms with Crippen LogP contribution < -0.4 is 0 Å². The first-order valence-corrected chi connectivity index (χ1v) is 6.78. The lowest BCUT2D eigenvalue weighted by atomic mass is 10.1. The predicted molar refractivity (Wildman–Crippen MR) is 60.4 cm³/mol. The van der Waals surface area contributed by atoms with Crippen LogP contribution in [0.25, 0.3) is 0 Å². The van der Waals surface area contributed by atoms with Gasteiger partial charge in [-0.1, -0.05) is 30.3 Å². The van der Waals surface area contributed by atoms with Gasteiger partial charge in [-0.2, -0.15) is 8.42 Å². The lowest BCUT2D eigenvalue weighted by molar-refractivity contribution is 0.314. The number of rotatable bonds is 5. The van der Waals surface area contributed by atoms with E-state index in [0.717, 1.165) is 11.8 Å². The third-order valence-electron chi connectivity index (χ3n) is 1.83. The van der Waals surface area contributed by atoms with Crippen LogP contribution >= 0.6 is 11.6 Å². The summed E-state index contributed by atoms with van der Waals surface area (Å²) in [5, 5.41) is -0.215. The van der Waals surface area contributed by atoms with Crippen molar-refractivity contribution in [2.45, 2.75) is 11.8 Å². The summed E-state index contributed by atoms with van der Waals surface area (Å²) in [6.07, 6.45) is 1.50. The molecule has 1 aromatic carbocycles. The highest BCUT2D eigenvalue weighted by atomic mass is 35.5. The Morgan fingerprint density at radius 3 is 2.47 bits per heavy atom. The second-order valence-electron chi connectivity index (χ2n) is 3.19. The Hall–Kier alpha value is -0.580. The lowest BCUT2D eigenvalue weighted by Gasteiger charge is -2.08. The van der Waals surface area contributed by atoms with E-state index in [-0.39, 0.29) is 12.0 Å². The Morgan fingerprint density at radius 2 is 1.93 bits per heavy atom. The van der Waals surface area contributed by atoms with Crippen molar-refractivity contribution < 1.29 is 12.6 Å². The number of benzene rings is 1. The average Bonchev–Trinajstić information content (AvgIpc) is 2.17. The van der Waals surface area contributed by atoms with Crippen LogP contribution in [0.2, 0.25) is 0 Å². The second-order valence-corrected chi connectivity index (χ2v) is 5.36. The Bertz CT molecular complexity index is 388. The molecule has 1 aromatic rings. The Balaban J connectivity index is 2.41. The van der Waals surface area contributed by atoms with E-state index in [1.807, 2.05) is 30.3 Å². The number of halogens is 1. The fourth-order valence-electron chi connectivity index (χ4n) is 1.13. The van der Waals surface area contributed by atoms with Crippen molar-refractivity contribution in [2.24, 2.45) is 0 Å². The molecule has 0 spiro atoms. The highest BCUT2D eigenvalue weighted by molar-refractivity contribution is 7.85. The van der Waals surface area contributed by atoms with Crippen LogP contribution in [0.3, 0.4) is 0 Å². The molecule has 3 nitrogen and oxygen atoms in total. The first kappa shape index (κ1) is 12.5. The monoisotopic (exact) mass is 248 g/mol. The van der Waals surface area contributed by atoms with Crippen molar-refractivity contribution >= 4 is 21.7 Å². The van der Waals surface area contributed by atoms with E-state index in [1.165, 1.54) is 0 Å². The molecule has 15 heavy (non-hydrogen) atoms. The molecule has 1 rings (SSSR count). The largest absolute Gasteiger partial charge is 0.270 e. The molecular formula is C10H13ClO3S. The fourth-order valence-corrected chi connectivity index (χ4v) is 1.77. The maximum Gasteiger partial charge on any atom is 0.264 e. The first-order chi connectivity index (χ1) is 6.99. The third kappa shape index (κ3) is 5.16. The molecule has 0 aliphatic heterocycles. The summed E-state index contributed by atoms with van der Waals surface area (Å²) in [7, 11) is -3.36. The maximum absolute atomic E-state index is 10.7. The van der Waals surface area contributed by atoms with Gasteiger partial charge in [0, 0.05) is 0 Å². The van der Waals surface area contributed by atoms with E-state index < -0.39 is 10.1 Å². The lowest BCUT2D eigenvalue weighted by Crippen LogP contribution is -2.06. The summed E-state index contributed by atoms with van der Waals surface area (Å²) in [5.41, 5.74) is 0.969. The Kier molecular flexibility index (Phi) is 4.57. The van der Waals surface area contributed by atoms with Gasteiger partial charge in [0.05, 0.1) is 18.2 Å². The van der Waals surface area contributed by atoms with Crippen LogP contribution in [0, 0.1) is 0 Å². The minimum absolute atomic E-state index is 0.113. The first-order valence-electron chi connectivity index (χ1n) is 4.52. The molecule has 0 radical (unpaired) electrons. The summed E-state index contributed by atoms with van der Waals surface area (Å²) in [6.45, 7) is 0.113. The summed E-state index contributed by atoms with van der Waals surface area (Å²) in [4.78, 5) is 0. The SMILES string of the molecule is CS(=O)(=O)OCCC(Cl)c1ccccc1. The van der Waals surface area contributed by atoms with Gasteiger partial charge in [-0.15, -0.1) is 11.6 Å². The highest BCUT2D eigenvalue weighted by Gasteiger charge is 2.09. The van der Waals surface area contributed by atoms with Crippen LogP contribution in [0.1, 0.15) is 17.4 Å².